The van der Waals surface area contributed by atoms with Gasteiger partial charge in [-0.2, -0.15) is 0 Å². The highest BCUT2D eigenvalue weighted by Gasteiger charge is 2.34. The topological polar surface area (TPSA) is 85.4 Å². The summed E-state index contributed by atoms with van der Waals surface area (Å²) in [5, 5.41) is 0. The summed E-state index contributed by atoms with van der Waals surface area (Å²) in [5.41, 5.74) is 0. The van der Waals surface area contributed by atoms with Crippen LogP contribution in [0.5, 0.6) is 0 Å². The van der Waals surface area contributed by atoms with Crippen LogP contribution in [0.4, 0.5) is 4.79 Å². The van der Waals surface area contributed by atoms with E-state index in [1.165, 1.54) is 19.2 Å². The summed E-state index contributed by atoms with van der Waals surface area (Å²) in [7, 11) is 1.41. The maximum Gasteiger partial charge on any atom is 0.410 e. The lowest BCUT2D eigenvalue weighted by molar-refractivity contribution is -0.149. The fourth-order valence-corrected chi connectivity index (χ4v) is 2.11. The van der Waals surface area contributed by atoms with Crippen LogP contribution in [-0.4, -0.2) is 80.4 Å². The fraction of sp³-hybridized carbons (Fsp3) is 0.562. The quantitative estimate of drug-likeness (QED) is 0.475. The van der Waals surface area contributed by atoms with E-state index in [0.29, 0.717) is 26.3 Å². The Hall–Kier alpha value is -2.35. The summed E-state index contributed by atoms with van der Waals surface area (Å²) in [6, 6.07) is -1.00. The molecule has 1 fully saturated rings. The molecule has 0 aromatic heterocycles. The third-order valence-corrected chi connectivity index (χ3v) is 3.41. The molecule has 0 bridgehead atoms. The molecular formula is C16H24N2O6. The van der Waals surface area contributed by atoms with E-state index in [1.807, 2.05) is 0 Å². The number of amides is 2. The maximum atomic E-state index is 12.7. The molecule has 0 radical (unpaired) electrons. The van der Waals surface area contributed by atoms with Crippen LogP contribution >= 0.6 is 0 Å². The van der Waals surface area contributed by atoms with Crippen LogP contribution in [-0.2, 0) is 23.8 Å². The minimum atomic E-state index is -1.00. The van der Waals surface area contributed by atoms with E-state index in [2.05, 4.69) is 13.2 Å². The third kappa shape index (κ3) is 6.04. The molecule has 0 aromatic carbocycles. The number of hydrogen-bond donors (Lipinski definition) is 0. The van der Waals surface area contributed by atoms with Crippen molar-refractivity contribution < 1.29 is 28.6 Å². The number of rotatable bonds is 8. The van der Waals surface area contributed by atoms with Crippen LogP contribution in [0.1, 0.15) is 6.42 Å². The summed E-state index contributed by atoms with van der Waals surface area (Å²) in [5.74, 6) is -0.934. The molecule has 1 rings (SSSR count). The van der Waals surface area contributed by atoms with Crippen molar-refractivity contribution in [3.8, 4) is 0 Å². The standard InChI is InChI=1S/C16H24N2O6/c1-4-8-23-14(19)12-13(17(3)16(21)24-9-5-2)15(20)18-6-10-22-11-7-18/h4-5,13H,1-2,6-12H2,3H3. The molecule has 1 aliphatic rings. The zero-order chi connectivity index (χ0) is 17.9. The smallest absolute Gasteiger partial charge is 0.410 e. The highest BCUT2D eigenvalue weighted by Crippen LogP contribution is 2.12. The molecule has 1 aliphatic heterocycles. The van der Waals surface area contributed by atoms with E-state index in [-0.39, 0.29) is 25.5 Å². The van der Waals surface area contributed by atoms with E-state index in [0.717, 1.165) is 4.90 Å². The number of nitrogens with zero attached hydrogens (tertiary/aromatic N) is 2. The van der Waals surface area contributed by atoms with Gasteiger partial charge in [0.15, 0.2) is 0 Å². The number of morpholine rings is 1. The predicted octanol–water partition coefficient (Wildman–Crippen LogP) is 0.587. The van der Waals surface area contributed by atoms with Crippen molar-refractivity contribution in [3.05, 3.63) is 25.3 Å². The van der Waals surface area contributed by atoms with Crippen molar-refractivity contribution in [3.63, 3.8) is 0 Å². The number of esters is 1. The van der Waals surface area contributed by atoms with Gasteiger partial charge in [-0.25, -0.2) is 4.79 Å². The highest BCUT2D eigenvalue weighted by molar-refractivity contribution is 5.89. The van der Waals surface area contributed by atoms with Crippen LogP contribution in [0.15, 0.2) is 25.3 Å². The second kappa shape index (κ2) is 10.4. The van der Waals surface area contributed by atoms with E-state index in [1.54, 1.807) is 4.90 Å². The summed E-state index contributed by atoms with van der Waals surface area (Å²) in [4.78, 5) is 39.3. The minimum absolute atomic E-state index is 0.0164. The molecule has 24 heavy (non-hydrogen) atoms. The molecular weight excluding hydrogens is 316 g/mol. The van der Waals surface area contributed by atoms with Gasteiger partial charge in [0.05, 0.1) is 19.6 Å². The van der Waals surface area contributed by atoms with Gasteiger partial charge in [-0.3, -0.25) is 14.5 Å². The Morgan fingerprint density at radius 2 is 1.75 bits per heavy atom. The molecule has 2 amide bonds. The second-order valence-electron chi connectivity index (χ2n) is 5.11. The lowest BCUT2D eigenvalue weighted by atomic mass is 10.1. The molecule has 0 aromatic rings. The lowest BCUT2D eigenvalue weighted by Gasteiger charge is -2.33. The largest absolute Gasteiger partial charge is 0.461 e. The Kier molecular flexibility index (Phi) is 8.56. The summed E-state index contributed by atoms with van der Waals surface area (Å²) in [6.45, 7) is 8.64. The maximum absolute atomic E-state index is 12.7. The fourth-order valence-electron chi connectivity index (χ4n) is 2.11. The Morgan fingerprint density at radius 1 is 1.17 bits per heavy atom. The Bertz CT molecular complexity index is 473. The SMILES string of the molecule is C=CCOC(=O)CC(C(=O)N1CCOCC1)N(C)C(=O)OCC=C. The number of ether oxygens (including phenoxy) is 3. The first-order valence-electron chi connectivity index (χ1n) is 7.64. The molecule has 8 nitrogen and oxygen atoms in total. The van der Waals surface area contributed by atoms with Gasteiger partial charge in [0, 0.05) is 20.1 Å². The number of carbonyl (C=O) groups is 3. The minimum Gasteiger partial charge on any atom is -0.461 e. The highest BCUT2D eigenvalue weighted by atomic mass is 16.6. The van der Waals surface area contributed by atoms with Gasteiger partial charge in [-0.05, 0) is 0 Å². The Labute approximate surface area is 141 Å². The van der Waals surface area contributed by atoms with Crippen molar-refractivity contribution in [2.24, 2.45) is 0 Å². The van der Waals surface area contributed by atoms with Crippen molar-refractivity contribution in [1.82, 2.24) is 9.80 Å². The first kappa shape index (κ1) is 19.7. The molecule has 8 heteroatoms. The first-order chi connectivity index (χ1) is 11.5. The van der Waals surface area contributed by atoms with Gasteiger partial charge in [-0.1, -0.05) is 25.3 Å². The summed E-state index contributed by atoms with van der Waals surface area (Å²) in [6.07, 6.45) is 1.88. The zero-order valence-corrected chi connectivity index (χ0v) is 13.9. The molecule has 0 saturated carbocycles. The van der Waals surface area contributed by atoms with Gasteiger partial charge >= 0.3 is 12.1 Å². The van der Waals surface area contributed by atoms with Crippen molar-refractivity contribution >= 4 is 18.0 Å². The monoisotopic (exact) mass is 340 g/mol. The first-order valence-corrected chi connectivity index (χ1v) is 7.64. The van der Waals surface area contributed by atoms with Crippen LogP contribution in [0.2, 0.25) is 0 Å². The molecule has 134 valence electrons. The Morgan fingerprint density at radius 3 is 2.33 bits per heavy atom. The molecule has 1 heterocycles. The van der Waals surface area contributed by atoms with E-state index < -0.39 is 18.1 Å². The van der Waals surface area contributed by atoms with E-state index in [4.69, 9.17) is 14.2 Å². The normalized spacial score (nSPS) is 15.1. The van der Waals surface area contributed by atoms with Crippen LogP contribution in [0.3, 0.4) is 0 Å². The second-order valence-corrected chi connectivity index (χ2v) is 5.11. The third-order valence-electron chi connectivity index (χ3n) is 3.41. The van der Waals surface area contributed by atoms with Gasteiger partial charge in [0.25, 0.3) is 0 Å². The molecule has 1 saturated heterocycles. The molecule has 0 aliphatic carbocycles. The lowest BCUT2D eigenvalue weighted by Crippen LogP contribution is -2.53. The van der Waals surface area contributed by atoms with Crippen molar-refractivity contribution in [1.29, 1.82) is 0 Å². The van der Waals surface area contributed by atoms with Crippen LogP contribution in [0, 0.1) is 0 Å². The van der Waals surface area contributed by atoms with E-state index >= 15 is 0 Å². The predicted molar refractivity (Wildman–Crippen MR) is 86.3 cm³/mol. The molecule has 0 N–H and O–H groups in total. The van der Waals surface area contributed by atoms with Crippen molar-refractivity contribution in [2.45, 2.75) is 12.5 Å². The average Bonchev–Trinajstić information content (AvgIpc) is 2.61. The van der Waals surface area contributed by atoms with Crippen molar-refractivity contribution in [2.75, 3.05) is 46.6 Å². The number of likely N-dealkylation sites (N-methyl/N-ethyl adjacent to an activating group) is 1. The van der Waals surface area contributed by atoms with Gasteiger partial charge in [0.1, 0.15) is 19.3 Å². The molecule has 1 atom stereocenters. The Balaban J connectivity index is 2.81. The summed E-state index contributed by atoms with van der Waals surface area (Å²) >= 11 is 0. The van der Waals surface area contributed by atoms with Gasteiger partial charge in [-0.15, -0.1) is 0 Å². The molecule has 0 spiro atoms. The van der Waals surface area contributed by atoms with Crippen LogP contribution < -0.4 is 0 Å². The molecule has 1 unspecified atom stereocenters. The van der Waals surface area contributed by atoms with Crippen LogP contribution in [0.25, 0.3) is 0 Å². The average molecular weight is 340 g/mol. The van der Waals surface area contributed by atoms with E-state index in [9.17, 15) is 14.4 Å². The number of hydrogen-bond acceptors (Lipinski definition) is 6. The zero-order valence-electron chi connectivity index (χ0n) is 13.9. The van der Waals surface area contributed by atoms with Gasteiger partial charge < -0.3 is 19.1 Å². The number of carbonyl (C=O) groups excluding carboxylic acids is 3. The summed E-state index contributed by atoms with van der Waals surface area (Å²) < 4.78 is 15.1. The van der Waals surface area contributed by atoms with Gasteiger partial charge in [0.2, 0.25) is 5.91 Å².